The van der Waals surface area contributed by atoms with Crippen molar-refractivity contribution in [1.29, 1.82) is 0 Å². The summed E-state index contributed by atoms with van der Waals surface area (Å²) in [6, 6.07) is 18.5. The molecule has 152 valence electrons. The van der Waals surface area contributed by atoms with Crippen molar-refractivity contribution in [2.45, 2.75) is 20.3 Å². The minimum Gasteiger partial charge on any atom is -0.494 e. The molecule has 0 saturated carbocycles. The summed E-state index contributed by atoms with van der Waals surface area (Å²) in [5.41, 5.74) is 2.82. The molecular weight excluding hydrogens is 396 g/mol. The van der Waals surface area contributed by atoms with Gasteiger partial charge in [-0.05, 0) is 48.6 Å². The lowest BCUT2D eigenvalue weighted by atomic mass is 10.1. The van der Waals surface area contributed by atoms with Crippen LogP contribution in [0.5, 0.6) is 5.75 Å². The van der Waals surface area contributed by atoms with Gasteiger partial charge in [-0.2, -0.15) is 0 Å². The van der Waals surface area contributed by atoms with Gasteiger partial charge in [0.15, 0.2) is 0 Å². The van der Waals surface area contributed by atoms with Crippen molar-refractivity contribution in [2.24, 2.45) is 0 Å². The summed E-state index contributed by atoms with van der Waals surface area (Å²) < 4.78 is 5.70. The quantitative estimate of drug-likeness (QED) is 0.533. The Morgan fingerprint density at radius 2 is 1.83 bits per heavy atom. The van der Waals surface area contributed by atoms with Crippen molar-refractivity contribution < 1.29 is 14.3 Å². The van der Waals surface area contributed by atoms with E-state index in [2.05, 4.69) is 5.32 Å². The molecule has 2 aromatic carbocycles. The highest BCUT2D eigenvalue weighted by Crippen LogP contribution is 2.36. The first-order valence-electron chi connectivity index (χ1n) is 9.82. The minimum atomic E-state index is -0.363. The monoisotopic (exact) mass is 418 g/mol. The molecule has 0 saturated heterocycles. The van der Waals surface area contributed by atoms with E-state index in [1.165, 1.54) is 16.2 Å². The fraction of sp³-hybridized carbons (Fsp3) is 0.167. The number of rotatable bonds is 7. The maximum atomic E-state index is 13.4. The van der Waals surface area contributed by atoms with E-state index in [0.717, 1.165) is 16.9 Å². The Hall–Kier alpha value is -3.38. The molecule has 1 aliphatic rings. The molecule has 4 rings (SSSR count). The van der Waals surface area contributed by atoms with Gasteiger partial charge in [0.2, 0.25) is 0 Å². The number of benzene rings is 2. The van der Waals surface area contributed by atoms with Crippen LogP contribution >= 0.6 is 11.3 Å². The summed E-state index contributed by atoms with van der Waals surface area (Å²) >= 11 is 1.43. The maximum Gasteiger partial charge on any atom is 0.282 e. The maximum absolute atomic E-state index is 13.4. The van der Waals surface area contributed by atoms with Crippen molar-refractivity contribution in [1.82, 2.24) is 0 Å². The lowest BCUT2D eigenvalue weighted by molar-refractivity contribution is -0.120. The zero-order valence-corrected chi connectivity index (χ0v) is 17.7. The van der Waals surface area contributed by atoms with Crippen LogP contribution < -0.4 is 15.0 Å². The highest BCUT2D eigenvalue weighted by molar-refractivity contribution is 7.11. The second-order valence-corrected chi connectivity index (χ2v) is 7.91. The van der Waals surface area contributed by atoms with Crippen molar-refractivity contribution >= 4 is 40.1 Å². The van der Waals surface area contributed by atoms with Crippen LogP contribution in [0.4, 0.5) is 11.4 Å². The second-order valence-electron chi connectivity index (χ2n) is 6.96. The van der Waals surface area contributed by atoms with Gasteiger partial charge < -0.3 is 10.1 Å². The summed E-state index contributed by atoms with van der Waals surface area (Å²) in [5, 5.41) is 5.09. The van der Waals surface area contributed by atoms with Gasteiger partial charge in [0.1, 0.15) is 11.4 Å². The zero-order valence-electron chi connectivity index (χ0n) is 16.8. The van der Waals surface area contributed by atoms with Gasteiger partial charge in [-0.1, -0.05) is 37.3 Å². The van der Waals surface area contributed by atoms with Crippen molar-refractivity contribution in [2.75, 3.05) is 16.8 Å². The second kappa shape index (κ2) is 8.55. The third-order valence-corrected chi connectivity index (χ3v) is 5.67. The van der Waals surface area contributed by atoms with Gasteiger partial charge in [0.05, 0.1) is 17.9 Å². The fourth-order valence-corrected chi connectivity index (χ4v) is 4.12. The third-order valence-electron chi connectivity index (χ3n) is 4.78. The zero-order chi connectivity index (χ0) is 21.1. The highest BCUT2D eigenvalue weighted by Gasteiger charge is 2.41. The third kappa shape index (κ3) is 3.74. The molecule has 0 bridgehead atoms. The van der Waals surface area contributed by atoms with E-state index >= 15 is 0 Å². The van der Waals surface area contributed by atoms with Crippen molar-refractivity contribution in [3.8, 4) is 5.75 Å². The van der Waals surface area contributed by atoms with E-state index in [9.17, 15) is 9.59 Å². The highest BCUT2D eigenvalue weighted by atomic mass is 32.1. The molecule has 3 aromatic rings. The van der Waals surface area contributed by atoms with Crippen LogP contribution in [0, 0.1) is 6.92 Å². The van der Waals surface area contributed by atoms with Gasteiger partial charge in [0, 0.05) is 16.6 Å². The van der Waals surface area contributed by atoms with E-state index in [1.807, 2.05) is 73.8 Å². The fourth-order valence-electron chi connectivity index (χ4n) is 3.36. The van der Waals surface area contributed by atoms with E-state index in [-0.39, 0.29) is 17.5 Å². The Morgan fingerprint density at radius 1 is 1.00 bits per heavy atom. The summed E-state index contributed by atoms with van der Waals surface area (Å²) in [5.74, 6) is 0.0304. The Labute approximate surface area is 179 Å². The lowest BCUT2D eigenvalue weighted by Gasteiger charge is -2.17. The van der Waals surface area contributed by atoms with E-state index < -0.39 is 0 Å². The number of amides is 2. The van der Waals surface area contributed by atoms with Gasteiger partial charge in [-0.25, -0.2) is 4.90 Å². The minimum absolute atomic E-state index is 0.276. The SMILES string of the molecule is CCCOc1cccc(NC2=C(c3cccs3)C(=O)N(c3ccccc3C)C2=O)c1. The number of hydrogen-bond donors (Lipinski definition) is 1. The largest absolute Gasteiger partial charge is 0.494 e. The predicted molar refractivity (Wildman–Crippen MR) is 121 cm³/mol. The molecule has 0 spiro atoms. The van der Waals surface area contributed by atoms with Crippen LogP contribution in [0.3, 0.4) is 0 Å². The molecule has 0 radical (unpaired) electrons. The van der Waals surface area contributed by atoms with Crippen molar-refractivity contribution in [3.05, 3.63) is 82.2 Å². The van der Waals surface area contributed by atoms with Crippen LogP contribution in [0.25, 0.3) is 5.57 Å². The number of thiophene rings is 1. The van der Waals surface area contributed by atoms with E-state index in [0.29, 0.717) is 29.3 Å². The number of carbonyl (C=O) groups excluding carboxylic acids is 2. The number of aryl methyl sites for hydroxylation is 1. The van der Waals surface area contributed by atoms with Crippen LogP contribution in [0.15, 0.2) is 71.7 Å². The first-order chi connectivity index (χ1) is 14.6. The number of nitrogens with one attached hydrogen (secondary N) is 1. The first-order valence-corrected chi connectivity index (χ1v) is 10.7. The molecule has 2 amide bonds. The number of nitrogens with zero attached hydrogens (tertiary/aromatic N) is 1. The number of carbonyl (C=O) groups is 2. The molecule has 2 heterocycles. The van der Waals surface area contributed by atoms with Crippen LogP contribution in [-0.4, -0.2) is 18.4 Å². The summed E-state index contributed by atoms with van der Waals surface area (Å²) in [7, 11) is 0. The average molecular weight is 419 g/mol. The molecule has 0 unspecified atom stereocenters. The molecule has 30 heavy (non-hydrogen) atoms. The molecule has 6 heteroatoms. The van der Waals surface area contributed by atoms with Crippen LogP contribution in [-0.2, 0) is 9.59 Å². The van der Waals surface area contributed by atoms with E-state index in [4.69, 9.17) is 4.74 Å². The Kier molecular flexibility index (Phi) is 5.68. The van der Waals surface area contributed by atoms with E-state index in [1.54, 1.807) is 6.07 Å². The average Bonchev–Trinajstić information content (AvgIpc) is 3.35. The number of imide groups is 1. The number of para-hydroxylation sites is 1. The first kappa shape index (κ1) is 19.9. The molecule has 5 nitrogen and oxygen atoms in total. The normalized spacial score (nSPS) is 13.9. The standard InChI is InChI=1S/C24H22N2O3S/c1-3-13-29-18-10-6-9-17(15-18)25-22-21(20-12-7-14-30-20)23(27)26(24(22)28)19-11-5-4-8-16(19)2/h4-12,14-15,25H,3,13H2,1-2H3. The Bertz CT molecular complexity index is 1120. The predicted octanol–water partition coefficient (Wildman–Crippen LogP) is 5.24. The van der Waals surface area contributed by atoms with Gasteiger partial charge >= 0.3 is 0 Å². The van der Waals surface area contributed by atoms with Crippen LogP contribution in [0.2, 0.25) is 0 Å². The van der Waals surface area contributed by atoms with Gasteiger partial charge in [0.25, 0.3) is 11.8 Å². The Balaban J connectivity index is 1.74. The molecule has 0 aliphatic carbocycles. The molecular formula is C24H22N2O3S. The molecule has 1 aliphatic heterocycles. The molecule has 0 atom stereocenters. The topological polar surface area (TPSA) is 58.6 Å². The molecule has 0 fully saturated rings. The number of anilines is 2. The smallest absolute Gasteiger partial charge is 0.282 e. The molecule has 1 aromatic heterocycles. The summed E-state index contributed by atoms with van der Waals surface area (Å²) in [4.78, 5) is 28.8. The number of ether oxygens (including phenoxy) is 1. The van der Waals surface area contributed by atoms with Gasteiger partial charge in [-0.3, -0.25) is 9.59 Å². The number of hydrogen-bond acceptors (Lipinski definition) is 5. The lowest BCUT2D eigenvalue weighted by Crippen LogP contribution is -2.32. The van der Waals surface area contributed by atoms with Gasteiger partial charge in [-0.15, -0.1) is 11.3 Å². The van der Waals surface area contributed by atoms with Crippen LogP contribution in [0.1, 0.15) is 23.8 Å². The van der Waals surface area contributed by atoms with Crippen molar-refractivity contribution in [3.63, 3.8) is 0 Å². The Morgan fingerprint density at radius 3 is 2.57 bits per heavy atom. The molecule has 1 N–H and O–H groups in total. The summed E-state index contributed by atoms with van der Waals surface area (Å²) in [6.45, 7) is 4.55. The summed E-state index contributed by atoms with van der Waals surface area (Å²) in [6.07, 6.45) is 0.906.